The van der Waals surface area contributed by atoms with Gasteiger partial charge in [0.1, 0.15) is 5.76 Å². The minimum atomic E-state index is -0.0978. The first-order chi connectivity index (χ1) is 6.46. The quantitative estimate of drug-likeness (QED) is 0.730. The summed E-state index contributed by atoms with van der Waals surface area (Å²) in [6.07, 6.45) is 2.85. The molecule has 0 aromatic carbocycles. The van der Waals surface area contributed by atoms with E-state index in [-0.39, 0.29) is 17.0 Å². The van der Waals surface area contributed by atoms with Gasteiger partial charge in [-0.15, -0.1) is 18.3 Å². The van der Waals surface area contributed by atoms with Crippen LogP contribution in [0.3, 0.4) is 0 Å². The van der Waals surface area contributed by atoms with E-state index in [0.29, 0.717) is 23.5 Å². The molecule has 0 unspecified atom stereocenters. The van der Waals surface area contributed by atoms with Crippen LogP contribution in [0.25, 0.3) is 0 Å². The van der Waals surface area contributed by atoms with Gasteiger partial charge in [-0.25, -0.2) is 0 Å². The van der Waals surface area contributed by atoms with E-state index in [0.717, 1.165) is 0 Å². The van der Waals surface area contributed by atoms with E-state index in [1.807, 2.05) is 13.8 Å². The number of carbonyl (C=O) groups is 1. The first-order valence-electron chi connectivity index (χ1n) is 4.65. The Hall–Kier alpha value is -0.700. The van der Waals surface area contributed by atoms with Crippen molar-refractivity contribution in [1.29, 1.82) is 0 Å². The molecule has 0 bridgehead atoms. The lowest BCUT2D eigenvalue weighted by Gasteiger charge is -2.29. The Kier molecular flexibility index (Phi) is 3.43. The SMILES string of the molecule is C=CCSC1=C(O)CC(C)(C)CC1=O. The zero-order valence-corrected chi connectivity index (χ0v) is 9.49. The van der Waals surface area contributed by atoms with Crippen molar-refractivity contribution >= 4 is 17.5 Å². The molecule has 1 rings (SSSR count). The molecule has 0 amide bonds. The number of carbonyl (C=O) groups excluding carboxylic acids is 1. The molecule has 1 aliphatic rings. The fourth-order valence-electron chi connectivity index (χ4n) is 1.58. The Morgan fingerprint density at radius 1 is 1.57 bits per heavy atom. The molecule has 0 aromatic rings. The van der Waals surface area contributed by atoms with Crippen LogP contribution in [-0.4, -0.2) is 16.6 Å². The molecule has 3 heteroatoms. The van der Waals surface area contributed by atoms with E-state index < -0.39 is 0 Å². The van der Waals surface area contributed by atoms with Crippen LogP contribution in [0.1, 0.15) is 26.7 Å². The summed E-state index contributed by atoms with van der Waals surface area (Å²) in [5.74, 6) is 0.981. The number of thioether (sulfide) groups is 1. The molecule has 0 aliphatic heterocycles. The van der Waals surface area contributed by atoms with Crippen molar-refractivity contribution in [2.24, 2.45) is 5.41 Å². The van der Waals surface area contributed by atoms with Gasteiger partial charge in [-0.05, 0) is 5.41 Å². The van der Waals surface area contributed by atoms with Gasteiger partial charge >= 0.3 is 0 Å². The minimum Gasteiger partial charge on any atom is -0.511 e. The van der Waals surface area contributed by atoms with Crippen LogP contribution >= 0.6 is 11.8 Å². The van der Waals surface area contributed by atoms with E-state index in [1.54, 1.807) is 6.08 Å². The summed E-state index contributed by atoms with van der Waals surface area (Å²) < 4.78 is 0. The average molecular weight is 212 g/mol. The number of aliphatic hydroxyl groups excluding tert-OH is 1. The van der Waals surface area contributed by atoms with Gasteiger partial charge in [-0.3, -0.25) is 4.79 Å². The standard InChI is InChI=1S/C11H16O2S/c1-4-5-14-10-8(12)6-11(2,3)7-9(10)13/h4,12H,1,5-7H2,2-3H3. The Labute approximate surface area is 89.1 Å². The number of hydrogen-bond acceptors (Lipinski definition) is 3. The van der Waals surface area contributed by atoms with E-state index in [2.05, 4.69) is 6.58 Å². The van der Waals surface area contributed by atoms with Gasteiger partial charge in [-0.2, -0.15) is 0 Å². The smallest absolute Gasteiger partial charge is 0.173 e. The highest BCUT2D eigenvalue weighted by Crippen LogP contribution is 2.39. The summed E-state index contributed by atoms with van der Waals surface area (Å²) in [5, 5.41) is 9.71. The van der Waals surface area contributed by atoms with Crippen LogP contribution in [0.5, 0.6) is 0 Å². The largest absolute Gasteiger partial charge is 0.511 e. The minimum absolute atomic E-state index is 0.0607. The number of aliphatic hydroxyl groups is 1. The summed E-state index contributed by atoms with van der Waals surface area (Å²) >= 11 is 1.38. The first kappa shape index (κ1) is 11.4. The Balaban J connectivity index is 2.82. The van der Waals surface area contributed by atoms with Gasteiger partial charge in [-0.1, -0.05) is 19.9 Å². The molecule has 1 aliphatic carbocycles. The van der Waals surface area contributed by atoms with Crippen LogP contribution in [-0.2, 0) is 4.79 Å². The lowest BCUT2D eigenvalue weighted by Crippen LogP contribution is -2.24. The zero-order valence-electron chi connectivity index (χ0n) is 8.67. The van der Waals surface area contributed by atoms with Gasteiger partial charge in [0.15, 0.2) is 5.78 Å². The highest BCUT2D eigenvalue weighted by molar-refractivity contribution is 8.04. The van der Waals surface area contributed by atoms with Crippen molar-refractivity contribution in [2.45, 2.75) is 26.7 Å². The van der Waals surface area contributed by atoms with Crippen molar-refractivity contribution in [1.82, 2.24) is 0 Å². The predicted octanol–water partition coefficient (Wildman–Crippen LogP) is 3.06. The molecular weight excluding hydrogens is 196 g/mol. The molecule has 0 fully saturated rings. The Bertz CT molecular complexity index is 290. The second-order valence-corrected chi connectivity index (χ2v) is 5.35. The molecule has 0 saturated carbocycles. The van der Waals surface area contributed by atoms with Crippen molar-refractivity contribution in [2.75, 3.05) is 5.75 Å². The zero-order chi connectivity index (χ0) is 10.8. The maximum absolute atomic E-state index is 11.7. The van der Waals surface area contributed by atoms with Crippen LogP contribution in [0.4, 0.5) is 0 Å². The second-order valence-electron chi connectivity index (χ2n) is 4.32. The molecule has 14 heavy (non-hydrogen) atoms. The van der Waals surface area contributed by atoms with Gasteiger partial charge in [0, 0.05) is 18.6 Å². The molecule has 0 aromatic heterocycles. The van der Waals surface area contributed by atoms with Crippen molar-refractivity contribution in [3.63, 3.8) is 0 Å². The van der Waals surface area contributed by atoms with Gasteiger partial charge < -0.3 is 5.11 Å². The maximum atomic E-state index is 11.7. The van der Waals surface area contributed by atoms with Gasteiger partial charge in [0.2, 0.25) is 0 Å². The first-order valence-corrected chi connectivity index (χ1v) is 5.64. The third-order valence-corrected chi connectivity index (χ3v) is 3.30. The van der Waals surface area contributed by atoms with Crippen molar-refractivity contribution in [3.05, 3.63) is 23.3 Å². The summed E-state index contributed by atoms with van der Waals surface area (Å²) in [7, 11) is 0. The molecule has 1 N–H and O–H groups in total. The third kappa shape index (κ3) is 2.64. The number of rotatable bonds is 3. The van der Waals surface area contributed by atoms with Crippen LogP contribution < -0.4 is 0 Å². The monoisotopic (exact) mass is 212 g/mol. The molecular formula is C11H16O2S. The summed E-state index contributed by atoms with van der Waals surface area (Å²) in [6.45, 7) is 7.58. The maximum Gasteiger partial charge on any atom is 0.173 e. The van der Waals surface area contributed by atoms with Crippen molar-refractivity contribution in [3.8, 4) is 0 Å². The average Bonchev–Trinajstić information content (AvgIpc) is 2.00. The van der Waals surface area contributed by atoms with E-state index in [1.165, 1.54) is 11.8 Å². The lowest BCUT2D eigenvalue weighted by molar-refractivity contribution is -0.117. The number of allylic oxidation sites excluding steroid dienone is 2. The number of ketones is 1. The Morgan fingerprint density at radius 2 is 2.21 bits per heavy atom. The van der Waals surface area contributed by atoms with E-state index in [4.69, 9.17) is 0 Å². The normalized spacial score (nSPS) is 21.1. The van der Waals surface area contributed by atoms with Crippen molar-refractivity contribution < 1.29 is 9.90 Å². The molecule has 0 atom stereocenters. The fraction of sp³-hybridized carbons (Fsp3) is 0.545. The number of Topliss-reactive ketones (excluding diaryl/α,β-unsaturated/α-hetero) is 1. The highest BCUT2D eigenvalue weighted by atomic mass is 32.2. The number of hydrogen-bond donors (Lipinski definition) is 1. The predicted molar refractivity (Wildman–Crippen MR) is 60.3 cm³/mol. The summed E-state index contributed by atoms with van der Waals surface area (Å²) in [4.78, 5) is 12.2. The molecule has 2 nitrogen and oxygen atoms in total. The molecule has 78 valence electrons. The summed E-state index contributed by atoms with van der Waals surface area (Å²) in [5.41, 5.74) is -0.0978. The molecule has 0 spiro atoms. The van der Waals surface area contributed by atoms with Crippen LogP contribution in [0.15, 0.2) is 23.3 Å². The summed E-state index contributed by atoms with van der Waals surface area (Å²) in [6, 6.07) is 0. The highest BCUT2D eigenvalue weighted by Gasteiger charge is 2.32. The lowest BCUT2D eigenvalue weighted by atomic mass is 9.79. The second kappa shape index (κ2) is 4.22. The van der Waals surface area contributed by atoms with E-state index >= 15 is 0 Å². The van der Waals surface area contributed by atoms with Gasteiger partial charge in [0.25, 0.3) is 0 Å². The van der Waals surface area contributed by atoms with Crippen LogP contribution in [0, 0.1) is 5.41 Å². The Morgan fingerprint density at radius 3 is 2.71 bits per heavy atom. The molecule has 0 heterocycles. The van der Waals surface area contributed by atoms with Crippen LogP contribution in [0.2, 0.25) is 0 Å². The van der Waals surface area contributed by atoms with Gasteiger partial charge in [0.05, 0.1) is 4.91 Å². The topological polar surface area (TPSA) is 37.3 Å². The third-order valence-electron chi connectivity index (χ3n) is 2.15. The fourth-order valence-corrected chi connectivity index (χ4v) is 2.33. The van der Waals surface area contributed by atoms with E-state index in [9.17, 15) is 9.90 Å². The molecule has 0 radical (unpaired) electrons. The molecule has 0 saturated heterocycles.